The van der Waals surface area contributed by atoms with Crippen molar-refractivity contribution in [3.63, 3.8) is 0 Å². The van der Waals surface area contributed by atoms with Crippen molar-refractivity contribution in [2.45, 2.75) is 13.8 Å². The molecule has 0 unspecified atom stereocenters. The van der Waals surface area contributed by atoms with Gasteiger partial charge < -0.3 is 4.90 Å². The molecule has 2 aromatic rings. The molecule has 0 atom stereocenters. The Bertz CT molecular complexity index is 501. The highest BCUT2D eigenvalue weighted by Crippen LogP contribution is 2.12. The van der Waals surface area contributed by atoms with Crippen molar-refractivity contribution in [3.8, 4) is 0 Å². The van der Waals surface area contributed by atoms with Crippen LogP contribution >= 0.6 is 0 Å². The lowest BCUT2D eigenvalue weighted by molar-refractivity contribution is 0.0773. The van der Waals surface area contributed by atoms with Crippen molar-refractivity contribution >= 4 is 16.9 Å². The molecule has 16 heavy (non-hydrogen) atoms. The zero-order chi connectivity index (χ0) is 11.5. The van der Waals surface area contributed by atoms with Crippen molar-refractivity contribution in [1.29, 1.82) is 0 Å². The third-order valence-corrected chi connectivity index (χ3v) is 2.61. The maximum absolute atomic E-state index is 12.0. The van der Waals surface area contributed by atoms with Crippen LogP contribution in [0.4, 0.5) is 0 Å². The molecular formula is C11H14N4O. The molecule has 84 valence electrons. The second-order valence-corrected chi connectivity index (χ2v) is 3.50. The van der Waals surface area contributed by atoms with Crippen LogP contribution in [0.1, 0.15) is 24.2 Å². The van der Waals surface area contributed by atoms with Gasteiger partial charge >= 0.3 is 0 Å². The Morgan fingerprint density at radius 2 is 1.94 bits per heavy atom. The van der Waals surface area contributed by atoms with Gasteiger partial charge in [-0.05, 0) is 32.0 Å². The highest BCUT2D eigenvalue weighted by Gasteiger charge is 2.13. The summed E-state index contributed by atoms with van der Waals surface area (Å²) >= 11 is 0. The van der Waals surface area contributed by atoms with E-state index < -0.39 is 0 Å². The van der Waals surface area contributed by atoms with Crippen LogP contribution in [-0.2, 0) is 0 Å². The van der Waals surface area contributed by atoms with Gasteiger partial charge in [-0.25, -0.2) is 0 Å². The van der Waals surface area contributed by atoms with E-state index >= 15 is 0 Å². The van der Waals surface area contributed by atoms with E-state index in [2.05, 4.69) is 15.4 Å². The molecule has 0 saturated heterocycles. The summed E-state index contributed by atoms with van der Waals surface area (Å²) in [5.41, 5.74) is 2.15. The molecule has 0 saturated carbocycles. The minimum atomic E-state index is 0.0369. The second-order valence-electron chi connectivity index (χ2n) is 3.50. The minimum absolute atomic E-state index is 0.0369. The maximum atomic E-state index is 12.0. The largest absolute Gasteiger partial charge is 0.339 e. The van der Waals surface area contributed by atoms with E-state index in [9.17, 15) is 4.79 Å². The molecule has 0 bridgehead atoms. The molecule has 1 N–H and O–H groups in total. The monoisotopic (exact) mass is 218 g/mol. The number of carbonyl (C=O) groups excluding carboxylic acids is 1. The summed E-state index contributed by atoms with van der Waals surface area (Å²) in [7, 11) is 0. The van der Waals surface area contributed by atoms with Crippen LogP contribution in [0.3, 0.4) is 0 Å². The average Bonchev–Trinajstić information content (AvgIpc) is 2.77. The third kappa shape index (κ3) is 1.76. The number of aromatic amines is 1. The van der Waals surface area contributed by atoms with Crippen molar-refractivity contribution in [3.05, 3.63) is 23.8 Å². The first-order valence-corrected chi connectivity index (χ1v) is 5.36. The molecule has 5 nitrogen and oxygen atoms in total. The molecule has 5 heteroatoms. The molecule has 0 aliphatic heterocycles. The van der Waals surface area contributed by atoms with Gasteiger partial charge in [0, 0.05) is 18.7 Å². The molecule has 2 rings (SSSR count). The zero-order valence-corrected chi connectivity index (χ0v) is 9.40. The predicted molar refractivity (Wildman–Crippen MR) is 61.1 cm³/mol. The lowest BCUT2D eigenvalue weighted by Gasteiger charge is -2.18. The van der Waals surface area contributed by atoms with Gasteiger partial charge in [0.25, 0.3) is 5.91 Å². The molecule has 0 aliphatic carbocycles. The Balaban J connectivity index is 2.35. The molecule has 0 radical (unpaired) electrons. The molecule has 0 aliphatic rings. The Hall–Kier alpha value is -1.91. The summed E-state index contributed by atoms with van der Waals surface area (Å²) < 4.78 is 0. The number of H-pyrrole nitrogens is 1. The van der Waals surface area contributed by atoms with Crippen LogP contribution in [0.25, 0.3) is 11.0 Å². The van der Waals surface area contributed by atoms with Gasteiger partial charge in [0.05, 0.1) is 0 Å². The van der Waals surface area contributed by atoms with E-state index in [4.69, 9.17) is 0 Å². The molecule has 1 heterocycles. The zero-order valence-electron chi connectivity index (χ0n) is 9.40. The van der Waals surface area contributed by atoms with Gasteiger partial charge in [-0.3, -0.25) is 4.79 Å². The first-order chi connectivity index (χ1) is 7.76. The maximum Gasteiger partial charge on any atom is 0.253 e. The minimum Gasteiger partial charge on any atom is -0.339 e. The van der Waals surface area contributed by atoms with Crippen molar-refractivity contribution in [2.24, 2.45) is 0 Å². The average molecular weight is 218 g/mol. The summed E-state index contributed by atoms with van der Waals surface area (Å²) in [6, 6.07) is 5.35. The van der Waals surface area contributed by atoms with Gasteiger partial charge in [0.1, 0.15) is 11.0 Å². The molecule has 1 aromatic heterocycles. The van der Waals surface area contributed by atoms with Crippen molar-refractivity contribution < 1.29 is 4.79 Å². The molecule has 1 amide bonds. The number of nitrogens with zero attached hydrogens (tertiary/aromatic N) is 3. The van der Waals surface area contributed by atoms with Gasteiger partial charge in [-0.15, -0.1) is 0 Å². The SMILES string of the molecule is CCN(CC)C(=O)c1ccc2n[nH]nc2c1. The van der Waals surface area contributed by atoms with E-state index in [1.54, 1.807) is 23.1 Å². The smallest absolute Gasteiger partial charge is 0.253 e. The molecule has 0 spiro atoms. The van der Waals surface area contributed by atoms with Gasteiger partial charge in [0.15, 0.2) is 0 Å². The first-order valence-electron chi connectivity index (χ1n) is 5.36. The number of benzene rings is 1. The van der Waals surface area contributed by atoms with Crippen molar-refractivity contribution in [1.82, 2.24) is 20.3 Å². The van der Waals surface area contributed by atoms with E-state index in [-0.39, 0.29) is 5.91 Å². The molecule has 1 aromatic carbocycles. The summed E-state index contributed by atoms with van der Waals surface area (Å²) in [6.45, 7) is 5.37. The number of hydrogen-bond acceptors (Lipinski definition) is 3. The summed E-state index contributed by atoms with van der Waals surface area (Å²) in [5.74, 6) is 0.0369. The lowest BCUT2D eigenvalue weighted by Crippen LogP contribution is -2.30. The highest BCUT2D eigenvalue weighted by atomic mass is 16.2. The summed E-state index contributed by atoms with van der Waals surface area (Å²) in [5, 5.41) is 10.4. The van der Waals surface area contributed by atoms with Gasteiger partial charge in [-0.1, -0.05) is 0 Å². The van der Waals surface area contributed by atoms with E-state index in [0.717, 1.165) is 11.0 Å². The number of rotatable bonds is 3. The normalized spacial score (nSPS) is 10.6. The highest BCUT2D eigenvalue weighted by molar-refractivity contribution is 5.97. The van der Waals surface area contributed by atoms with Crippen LogP contribution in [0.5, 0.6) is 0 Å². The Labute approximate surface area is 93.4 Å². The standard InChI is InChI=1S/C11H14N4O/c1-3-15(4-2)11(16)8-5-6-9-10(7-8)13-14-12-9/h5-7H,3-4H2,1-2H3,(H,12,13,14). The number of aromatic nitrogens is 3. The van der Waals surface area contributed by atoms with E-state index in [1.165, 1.54) is 0 Å². The van der Waals surface area contributed by atoms with Crippen LogP contribution in [0, 0.1) is 0 Å². The first kappa shape index (κ1) is 10.6. The summed E-state index contributed by atoms with van der Waals surface area (Å²) in [6.07, 6.45) is 0. The van der Waals surface area contributed by atoms with E-state index in [1.807, 2.05) is 13.8 Å². The number of nitrogens with one attached hydrogen (secondary N) is 1. The van der Waals surface area contributed by atoms with Crippen LogP contribution in [0.2, 0.25) is 0 Å². The van der Waals surface area contributed by atoms with E-state index in [0.29, 0.717) is 18.7 Å². The number of carbonyl (C=O) groups is 1. The van der Waals surface area contributed by atoms with Crippen molar-refractivity contribution in [2.75, 3.05) is 13.1 Å². The Kier molecular flexibility index (Phi) is 2.85. The fourth-order valence-corrected chi connectivity index (χ4v) is 1.67. The fraction of sp³-hybridized carbons (Fsp3) is 0.364. The number of hydrogen-bond donors (Lipinski definition) is 1. The Morgan fingerprint density at radius 3 is 2.62 bits per heavy atom. The second kappa shape index (κ2) is 4.30. The van der Waals surface area contributed by atoms with Gasteiger partial charge in [-0.2, -0.15) is 15.4 Å². The molecule has 0 fully saturated rings. The van der Waals surface area contributed by atoms with Gasteiger partial charge in [0.2, 0.25) is 0 Å². The van der Waals surface area contributed by atoms with Crippen LogP contribution in [-0.4, -0.2) is 39.3 Å². The Morgan fingerprint density at radius 1 is 1.25 bits per heavy atom. The molecular weight excluding hydrogens is 204 g/mol. The fourth-order valence-electron chi connectivity index (χ4n) is 1.67. The lowest BCUT2D eigenvalue weighted by atomic mass is 10.1. The van der Waals surface area contributed by atoms with Crippen LogP contribution in [0.15, 0.2) is 18.2 Å². The quantitative estimate of drug-likeness (QED) is 0.847. The third-order valence-electron chi connectivity index (χ3n) is 2.61. The van der Waals surface area contributed by atoms with Crippen LogP contribution < -0.4 is 0 Å². The topological polar surface area (TPSA) is 61.9 Å². The number of fused-ring (bicyclic) bond motifs is 1. The number of amides is 1. The predicted octanol–water partition coefficient (Wildman–Crippen LogP) is 1.44. The summed E-state index contributed by atoms with van der Waals surface area (Å²) in [4.78, 5) is 13.8.